The van der Waals surface area contributed by atoms with Crippen molar-refractivity contribution in [3.05, 3.63) is 24.3 Å². The molecule has 106 valence electrons. The van der Waals surface area contributed by atoms with Crippen LogP contribution in [0.5, 0.6) is 11.5 Å². The highest BCUT2D eigenvalue weighted by molar-refractivity contribution is 7.57. The van der Waals surface area contributed by atoms with Gasteiger partial charge in [0.15, 0.2) is 0 Å². The summed E-state index contributed by atoms with van der Waals surface area (Å²) in [6, 6.07) is 7.59. The van der Waals surface area contributed by atoms with E-state index >= 15 is 0 Å². The third-order valence-corrected chi connectivity index (χ3v) is 4.60. The lowest BCUT2D eigenvalue weighted by atomic mass is 10.3. The Bertz CT molecular complexity index is 360. The topological polar surface area (TPSA) is 36.9 Å². The van der Waals surface area contributed by atoms with Gasteiger partial charge in [-0.3, -0.25) is 0 Å². The molecule has 0 bridgehead atoms. The Morgan fingerprint density at radius 2 is 1.37 bits per heavy atom. The van der Waals surface area contributed by atoms with Crippen molar-refractivity contribution in [3.8, 4) is 11.5 Å². The summed E-state index contributed by atoms with van der Waals surface area (Å²) in [7, 11) is -2.69. The van der Waals surface area contributed by atoms with Gasteiger partial charge in [-0.25, -0.2) is 9.05 Å². The molecule has 0 atom stereocenters. The molecule has 0 saturated heterocycles. The van der Waals surface area contributed by atoms with Crippen LogP contribution in [0.1, 0.15) is 39.5 Å². The second-order valence-corrected chi connectivity index (χ2v) is 6.23. The summed E-state index contributed by atoms with van der Waals surface area (Å²) in [6.45, 7) is 5.45. The first kappa shape index (κ1) is 14.6. The molecular formula is C14H22O4P+. The Kier molecular flexibility index (Phi) is 5.44. The molecule has 0 spiro atoms. The fourth-order valence-corrected chi connectivity index (χ4v) is 3.46. The molecule has 1 heterocycles. The van der Waals surface area contributed by atoms with Gasteiger partial charge in [-0.1, -0.05) is 38.8 Å². The molecule has 0 fully saturated rings. The minimum absolute atomic E-state index is 0.602. The Hall–Kier alpha value is -0.830. The fraction of sp³-hybridized carbons (Fsp3) is 0.571. The third kappa shape index (κ3) is 3.82. The number of hydrogen-bond donors (Lipinski definition) is 0. The van der Waals surface area contributed by atoms with Gasteiger partial charge in [-0.15, -0.1) is 9.05 Å². The molecule has 4 nitrogen and oxygen atoms in total. The summed E-state index contributed by atoms with van der Waals surface area (Å²) in [5.41, 5.74) is 0. The third-order valence-electron chi connectivity index (χ3n) is 2.76. The molecule has 1 aromatic rings. The van der Waals surface area contributed by atoms with Gasteiger partial charge < -0.3 is 0 Å². The van der Waals surface area contributed by atoms with Crippen molar-refractivity contribution < 1.29 is 18.1 Å². The van der Waals surface area contributed by atoms with Crippen LogP contribution in [0.4, 0.5) is 0 Å². The van der Waals surface area contributed by atoms with E-state index in [2.05, 4.69) is 13.8 Å². The molecule has 1 aliphatic heterocycles. The SMILES string of the molecule is CCCCO[P+]1(OCCCC)Oc2ccccc2O1. The summed E-state index contributed by atoms with van der Waals surface area (Å²) in [5.74, 6) is 1.42. The van der Waals surface area contributed by atoms with Crippen LogP contribution in [-0.4, -0.2) is 13.2 Å². The second kappa shape index (κ2) is 7.09. The van der Waals surface area contributed by atoms with Crippen LogP contribution in [0.15, 0.2) is 24.3 Å². The summed E-state index contributed by atoms with van der Waals surface area (Å²) < 4.78 is 23.3. The van der Waals surface area contributed by atoms with E-state index in [4.69, 9.17) is 18.1 Å². The first-order valence-electron chi connectivity index (χ1n) is 6.96. The monoisotopic (exact) mass is 285 g/mol. The molecule has 2 rings (SSSR count). The number of hydrogen-bond acceptors (Lipinski definition) is 4. The molecule has 0 amide bonds. The van der Waals surface area contributed by atoms with Crippen molar-refractivity contribution in [1.82, 2.24) is 0 Å². The fourth-order valence-electron chi connectivity index (χ4n) is 1.64. The molecule has 0 radical (unpaired) electrons. The Morgan fingerprint density at radius 1 is 0.895 bits per heavy atom. The highest BCUT2D eigenvalue weighted by Crippen LogP contribution is 2.68. The number of para-hydroxylation sites is 2. The summed E-state index contributed by atoms with van der Waals surface area (Å²) in [5, 5.41) is 0. The summed E-state index contributed by atoms with van der Waals surface area (Å²) in [4.78, 5) is 0. The van der Waals surface area contributed by atoms with E-state index in [0.717, 1.165) is 25.7 Å². The molecule has 19 heavy (non-hydrogen) atoms. The van der Waals surface area contributed by atoms with E-state index in [1.807, 2.05) is 24.3 Å². The van der Waals surface area contributed by atoms with Crippen molar-refractivity contribution in [2.75, 3.05) is 13.2 Å². The molecule has 1 aromatic carbocycles. The van der Waals surface area contributed by atoms with Gasteiger partial charge >= 0.3 is 8.17 Å². The van der Waals surface area contributed by atoms with Crippen molar-refractivity contribution in [2.24, 2.45) is 0 Å². The standard InChI is InChI=1S/C14H22O4P/c1-3-5-11-15-19(16-12-6-4-2)17-13-9-7-8-10-14(13)18-19/h7-10H,3-6,11-12H2,1-2H3/q+1. The second-order valence-electron chi connectivity index (χ2n) is 4.45. The lowest BCUT2D eigenvalue weighted by Crippen LogP contribution is -2.12. The van der Waals surface area contributed by atoms with Gasteiger partial charge in [0, 0.05) is 0 Å². The van der Waals surface area contributed by atoms with Crippen molar-refractivity contribution in [3.63, 3.8) is 0 Å². The lowest BCUT2D eigenvalue weighted by Gasteiger charge is -2.13. The molecule has 5 heteroatoms. The van der Waals surface area contributed by atoms with E-state index < -0.39 is 8.17 Å². The molecular weight excluding hydrogens is 263 g/mol. The quantitative estimate of drug-likeness (QED) is 0.509. The maximum atomic E-state index is 5.83. The van der Waals surface area contributed by atoms with Crippen LogP contribution >= 0.6 is 8.17 Å². The van der Waals surface area contributed by atoms with Crippen LogP contribution in [0.3, 0.4) is 0 Å². The zero-order valence-electron chi connectivity index (χ0n) is 11.6. The van der Waals surface area contributed by atoms with Crippen LogP contribution in [-0.2, 0) is 9.05 Å². The number of unbranched alkanes of at least 4 members (excludes halogenated alkanes) is 2. The van der Waals surface area contributed by atoms with Crippen LogP contribution in [0, 0.1) is 0 Å². The van der Waals surface area contributed by atoms with Crippen molar-refractivity contribution in [1.29, 1.82) is 0 Å². The van der Waals surface area contributed by atoms with Gasteiger partial charge in [0.2, 0.25) is 11.5 Å². The number of fused-ring (bicyclic) bond motifs is 1. The molecule has 0 aromatic heterocycles. The average molecular weight is 285 g/mol. The Labute approximate surface area is 115 Å². The van der Waals surface area contributed by atoms with Crippen LogP contribution < -0.4 is 9.05 Å². The zero-order chi connectivity index (χ0) is 13.6. The van der Waals surface area contributed by atoms with E-state index in [1.54, 1.807) is 0 Å². The molecule has 0 unspecified atom stereocenters. The van der Waals surface area contributed by atoms with Gasteiger partial charge in [0.05, 0.1) is 0 Å². The predicted molar refractivity (Wildman–Crippen MR) is 76.3 cm³/mol. The minimum Gasteiger partial charge on any atom is -0.250 e. The first-order chi connectivity index (χ1) is 9.29. The van der Waals surface area contributed by atoms with Crippen LogP contribution in [0.25, 0.3) is 0 Å². The normalized spacial score (nSPS) is 15.7. The molecule has 0 N–H and O–H groups in total. The van der Waals surface area contributed by atoms with E-state index in [-0.39, 0.29) is 0 Å². The van der Waals surface area contributed by atoms with E-state index in [0.29, 0.717) is 24.7 Å². The molecule has 1 aliphatic rings. The molecule has 0 saturated carbocycles. The number of benzene rings is 1. The maximum absolute atomic E-state index is 5.83. The highest BCUT2D eigenvalue weighted by atomic mass is 31.2. The van der Waals surface area contributed by atoms with Gasteiger partial charge in [-0.2, -0.15) is 0 Å². The molecule has 0 aliphatic carbocycles. The summed E-state index contributed by atoms with van der Waals surface area (Å²) >= 11 is 0. The zero-order valence-corrected chi connectivity index (χ0v) is 12.5. The van der Waals surface area contributed by atoms with Crippen molar-refractivity contribution >= 4 is 8.17 Å². The smallest absolute Gasteiger partial charge is 0.250 e. The van der Waals surface area contributed by atoms with E-state index in [9.17, 15) is 0 Å². The maximum Gasteiger partial charge on any atom is 0.669 e. The highest BCUT2D eigenvalue weighted by Gasteiger charge is 2.58. The Balaban J connectivity index is 2.00. The average Bonchev–Trinajstić information content (AvgIpc) is 2.78. The van der Waals surface area contributed by atoms with Gasteiger partial charge in [0.25, 0.3) is 0 Å². The largest absolute Gasteiger partial charge is 0.669 e. The van der Waals surface area contributed by atoms with Crippen LogP contribution in [0.2, 0.25) is 0 Å². The van der Waals surface area contributed by atoms with Gasteiger partial charge in [0.1, 0.15) is 13.2 Å². The minimum atomic E-state index is -2.69. The van der Waals surface area contributed by atoms with Crippen molar-refractivity contribution in [2.45, 2.75) is 39.5 Å². The van der Waals surface area contributed by atoms with Gasteiger partial charge in [-0.05, 0) is 25.0 Å². The Morgan fingerprint density at radius 3 is 1.79 bits per heavy atom. The first-order valence-corrected chi connectivity index (χ1v) is 8.42. The lowest BCUT2D eigenvalue weighted by molar-refractivity contribution is 0.141. The summed E-state index contributed by atoms with van der Waals surface area (Å²) in [6.07, 6.45) is 4.09. The van der Waals surface area contributed by atoms with E-state index in [1.165, 1.54) is 0 Å². The predicted octanol–water partition coefficient (Wildman–Crippen LogP) is 4.77. The number of rotatable bonds is 8.